The maximum Gasteiger partial charge on any atom is 0.0405 e. The average molecular weight is 560 g/mol. The van der Waals surface area contributed by atoms with Crippen molar-refractivity contribution in [2.45, 2.75) is 69.2 Å². The molecule has 0 radical (unpaired) electrons. The fourth-order valence-corrected chi connectivity index (χ4v) is 4.21. The van der Waals surface area contributed by atoms with E-state index in [-0.39, 0.29) is 51.0 Å². The van der Waals surface area contributed by atoms with Gasteiger partial charge in [-0.1, -0.05) is 0 Å². The van der Waals surface area contributed by atoms with Crippen molar-refractivity contribution in [3.63, 3.8) is 0 Å². The molecule has 2 rings (SSSR count). The Kier molecular flexibility index (Phi) is 15.4. The van der Waals surface area contributed by atoms with E-state index in [2.05, 4.69) is 85.2 Å². The van der Waals surface area contributed by atoms with E-state index in [9.17, 15) is 0 Å². The first kappa shape index (κ1) is 33.6. The monoisotopic (exact) mass is 557 g/mol. The van der Waals surface area contributed by atoms with Gasteiger partial charge in [-0.2, -0.15) is 0 Å². The number of hydrogen-bond donors (Lipinski definition) is 3. The number of benzene rings is 2. The Balaban J connectivity index is 0. The van der Waals surface area contributed by atoms with Gasteiger partial charge < -0.3 is 16.0 Å². The van der Waals surface area contributed by atoms with E-state index in [0.29, 0.717) is 0 Å². The summed E-state index contributed by atoms with van der Waals surface area (Å²) in [6.07, 6.45) is 0. The second kappa shape index (κ2) is 14.7. The van der Waals surface area contributed by atoms with Gasteiger partial charge in [-0.3, -0.25) is 0 Å². The number of nitrogens with one attached hydrogen (secondary N) is 3. The van der Waals surface area contributed by atoms with Gasteiger partial charge in [0.15, 0.2) is 0 Å². The fraction of sp³-hybridized carbons (Fsp3) is 0.538. The van der Waals surface area contributed by atoms with Crippen LogP contribution in [-0.4, -0.2) is 26.2 Å². The molecule has 0 amide bonds. The van der Waals surface area contributed by atoms with E-state index in [1.54, 1.807) is 0 Å². The Morgan fingerprint density at radius 1 is 0.375 bits per heavy atom. The number of rotatable bonds is 8. The van der Waals surface area contributed by atoms with Crippen molar-refractivity contribution in [3.05, 3.63) is 55.6 Å². The van der Waals surface area contributed by atoms with Crippen molar-refractivity contribution < 1.29 is 26.2 Å². The van der Waals surface area contributed by atoms with E-state index in [0.717, 1.165) is 26.2 Å². The maximum atomic E-state index is 3.66. The summed E-state index contributed by atoms with van der Waals surface area (Å²) in [5.74, 6) is 0. The largest absolute Gasteiger partial charge is 0.383 e. The summed E-state index contributed by atoms with van der Waals surface area (Å²) in [7, 11) is 0. The smallest absolute Gasteiger partial charge is 0.0405 e. The maximum absolute atomic E-state index is 3.66. The van der Waals surface area contributed by atoms with Crippen molar-refractivity contribution >= 4 is 36.2 Å². The molecule has 0 aromatic heterocycles. The number of hydrogen-bond acceptors (Lipinski definition) is 3. The van der Waals surface area contributed by atoms with E-state index >= 15 is 0 Å². The molecule has 0 bridgehead atoms. The van der Waals surface area contributed by atoms with E-state index < -0.39 is 0 Å². The minimum absolute atomic E-state index is 0. The summed E-state index contributed by atoms with van der Waals surface area (Å²) in [4.78, 5) is 0. The van der Waals surface area contributed by atoms with Crippen LogP contribution in [0, 0.1) is 69.2 Å². The molecule has 0 heterocycles. The van der Waals surface area contributed by atoms with Crippen molar-refractivity contribution in [3.8, 4) is 0 Å². The molecule has 3 N–H and O–H groups in total. The fourth-order valence-electron chi connectivity index (χ4n) is 4.21. The predicted molar refractivity (Wildman–Crippen MR) is 145 cm³/mol. The minimum atomic E-state index is 0. The molecule has 2 aromatic carbocycles. The zero-order valence-electron chi connectivity index (χ0n) is 21.6. The molecule has 0 saturated heterocycles. The van der Waals surface area contributed by atoms with Crippen molar-refractivity contribution in [1.82, 2.24) is 5.32 Å². The van der Waals surface area contributed by atoms with Crippen LogP contribution in [0.5, 0.6) is 0 Å². The second-order valence-corrected chi connectivity index (χ2v) is 8.60. The summed E-state index contributed by atoms with van der Waals surface area (Å²) >= 11 is 0. The third kappa shape index (κ3) is 7.23. The summed E-state index contributed by atoms with van der Waals surface area (Å²) in [6, 6.07) is 0. The molecule has 6 heteroatoms. The summed E-state index contributed by atoms with van der Waals surface area (Å²) in [5, 5.41) is 10.9. The normalized spacial score (nSPS) is 10.1. The zero-order chi connectivity index (χ0) is 21.9. The van der Waals surface area contributed by atoms with Crippen LogP contribution in [0.3, 0.4) is 0 Å². The van der Waals surface area contributed by atoms with Crippen molar-refractivity contribution in [1.29, 1.82) is 0 Å². The summed E-state index contributed by atoms with van der Waals surface area (Å²) in [6.45, 7) is 26.0. The van der Waals surface area contributed by atoms with Crippen LogP contribution in [0.1, 0.15) is 55.6 Å². The third-order valence-corrected chi connectivity index (χ3v) is 7.21. The van der Waals surface area contributed by atoms with Crippen LogP contribution in [-0.2, 0) is 26.2 Å². The van der Waals surface area contributed by atoms with Gasteiger partial charge in [-0.15, -0.1) is 24.8 Å². The molecule has 0 aliphatic carbocycles. The number of halogens is 2. The van der Waals surface area contributed by atoms with Gasteiger partial charge in [0.2, 0.25) is 0 Å². The molecule has 2 aromatic rings. The SMILES string of the molecule is Cc1c(C)c(C)c(NCCNCCNc2c(C)c(C)c(C)c(C)c2C)c(C)c1C.Cl.Cl.[Zr]. The van der Waals surface area contributed by atoms with Crippen LogP contribution in [0.15, 0.2) is 0 Å². The zero-order valence-corrected chi connectivity index (χ0v) is 25.7. The molecule has 32 heavy (non-hydrogen) atoms. The van der Waals surface area contributed by atoms with Crippen LogP contribution in [0.2, 0.25) is 0 Å². The topological polar surface area (TPSA) is 36.1 Å². The van der Waals surface area contributed by atoms with Gasteiger partial charge in [0.05, 0.1) is 0 Å². The quantitative estimate of drug-likeness (QED) is 0.314. The molecule has 0 aliphatic heterocycles. The molecule has 0 saturated carbocycles. The van der Waals surface area contributed by atoms with E-state index in [4.69, 9.17) is 0 Å². The van der Waals surface area contributed by atoms with Crippen molar-refractivity contribution in [2.75, 3.05) is 36.8 Å². The molecule has 180 valence electrons. The van der Waals surface area contributed by atoms with Gasteiger partial charge in [0, 0.05) is 63.8 Å². The molecule has 3 nitrogen and oxygen atoms in total. The third-order valence-electron chi connectivity index (χ3n) is 7.21. The average Bonchev–Trinajstić information content (AvgIpc) is 2.71. The number of anilines is 2. The second-order valence-electron chi connectivity index (χ2n) is 8.60. The van der Waals surface area contributed by atoms with Gasteiger partial charge in [0.25, 0.3) is 0 Å². The van der Waals surface area contributed by atoms with Gasteiger partial charge in [-0.05, 0) is 125 Å². The molecule has 0 atom stereocenters. The van der Waals surface area contributed by atoms with Crippen LogP contribution < -0.4 is 16.0 Å². The van der Waals surface area contributed by atoms with Gasteiger partial charge >= 0.3 is 0 Å². The Morgan fingerprint density at radius 3 is 0.844 bits per heavy atom. The Morgan fingerprint density at radius 2 is 0.594 bits per heavy atom. The van der Waals surface area contributed by atoms with E-state index in [1.807, 2.05) is 0 Å². The summed E-state index contributed by atoms with van der Waals surface area (Å²) < 4.78 is 0. The summed E-state index contributed by atoms with van der Waals surface area (Å²) in [5.41, 5.74) is 16.6. The van der Waals surface area contributed by atoms with Crippen LogP contribution >= 0.6 is 24.8 Å². The van der Waals surface area contributed by atoms with Crippen LogP contribution in [0.25, 0.3) is 0 Å². The molecule has 0 fully saturated rings. The van der Waals surface area contributed by atoms with E-state index in [1.165, 1.54) is 67.0 Å². The molecular weight excluding hydrogens is 516 g/mol. The first-order valence-electron chi connectivity index (χ1n) is 10.9. The molecule has 0 unspecified atom stereocenters. The first-order valence-corrected chi connectivity index (χ1v) is 10.9. The first-order chi connectivity index (χ1) is 13.6. The Labute approximate surface area is 228 Å². The molecular formula is C26H43Cl2N3Zr. The predicted octanol–water partition coefficient (Wildman–Crippen LogP) is 6.73. The Bertz CT molecular complexity index is 779. The molecule has 0 spiro atoms. The standard InChI is InChI=1S/C26H41N3.2ClH.Zr/c1-15-17(3)21(7)25(22(8)18(15)4)28-13-11-27-12-14-29-26-23(9)19(5)16(2)20(6)24(26)10;;;/h27-29H,11-14H2,1-10H3;2*1H;. The van der Waals surface area contributed by atoms with Gasteiger partial charge in [0.1, 0.15) is 0 Å². The van der Waals surface area contributed by atoms with Crippen LogP contribution in [0.4, 0.5) is 11.4 Å². The molecule has 0 aliphatic rings. The minimum Gasteiger partial charge on any atom is -0.383 e. The van der Waals surface area contributed by atoms with Gasteiger partial charge in [-0.25, -0.2) is 0 Å². The van der Waals surface area contributed by atoms with Crippen molar-refractivity contribution in [2.24, 2.45) is 0 Å². The Hall–Kier alpha value is -0.537.